The van der Waals surface area contributed by atoms with Gasteiger partial charge in [-0.3, -0.25) is 9.40 Å². The summed E-state index contributed by atoms with van der Waals surface area (Å²) in [7, 11) is -3.97. The molecule has 0 saturated carbocycles. The molecule has 0 aliphatic rings. The van der Waals surface area contributed by atoms with Gasteiger partial charge in [0, 0.05) is 0 Å². The Morgan fingerprint density at radius 3 is 2.21 bits per heavy atom. The van der Waals surface area contributed by atoms with Gasteiger partial charge in [0.15, 0.2) is 0 Å². The van der Waals surface area contributed by atoms with E-state index in [1.54, 1.807) is 11.6 Å². The second kappa shape index (κ2) is 7.95. The molecule has 0 aliphatic heterocycles. The van der Waals surface area contributed by atoms with Gasteiger partial charge in [0.05, 0.1) is 38.7 Å². The van der Waals surface area contributed by atoms with E-state index in [2.05, 4.69) is 9.82 Å². The molecule has 3 aromatic rings. The number of nitrogens with one attached hydrogen (secondary N) is 1. The van der Waals surface area contributed by atoms with E-state index in [4.69, 9.17) is 34.8 Å². The summed E-state index contributed by atoms with van der Waals surface area (Å²) in [6.07, 6.45) is 0. The van der Waals surface area contributed by atoms with Crippen LogP contribution in [0.3, 0.4) is 0 Å². The van der Waals surface area contributed by atoms with E-state index in [0.29, 0.717) is 23.6 Å². The number of hydrogen-bond acceptors (Lipinski definition) is 3. The molecular weight excluding hydrogens is 441 g/mol. The third kappa shape index (κ3) is 4.30. The van der Waals surface area contributed by atoms with Crippen molar-refractivity contribution in [3.8, 4) is 0 Å². The summed E-state index contributed by atoms with van der Waals surface area (Å²) >= 11 is 17.9. The van der Waals surface area contributed by atoms with E-state index in [-0.39, 0.29) is 20.0 Å². The lowest BCUT2D eigenvalue weighted by Crippen LogP contribution is -2.15. The average Bonchev–Trinajstić information content (AvgIpc) is 2.87. The highest BCUT2D eigenvalue weighted by Crippen LogP contribution is 2.33. The number of anilines is 1. The van der Waals surface area contributed by atoms with E-state index in [0.717, 1.165) is 5.56 Å². The molecule has 1 aromatic heterocycles. The predicted molar refractivity (Wildman–Crippen MR) is 114 cm³/mol. The van der Waals surface area contributed by atoms with Gasteiger partial charge in [0.2, 0.25) is 0 Å². The maximum Gasteiger partial charge on any atom is 0.263 e. The Morgan fingerprint density at radius 2 is 1.57 bits per heavy atom. The van der Waals surface area contributed by atoms with Gasteiger partial charge >= 0.3 is 0 Å². The van der Waals surface area contributed by atoms with Gasteiger partial charge in [0.25, 0.3) is 10.0 Å². The summed E-state index contributed by atoms with van der Waals surface area (Å²) in [6, 6.07) is 10.6. The zero-order valence-electron chi connectivity index (χ0n) is 15.4. The second-order valence-corrected chi connectivity index (χ2v) is 9.36. The molecule has 0 bridgehead atoms. The topological polar surface area (TPSA) is 64.0 Å². The number of rotatable bonds is 5. The molecule has 2 aromatic carbocycles. The molecule has 0 atom stereocenters. The van der Waals surface area contributed by atoms with Crippen LogP contribution in [0.25, 0.3) is 0 Å². The van der Waals surface area contributed by atoms with Crippen LogP contribution in [0.1, 0.15) is 22.5 Å². The number of aryl methyl sites for hydroxylation is 2. The molecule has 9 heteroatoms. The molecule has 5 nitrogen and oxygen atoms in total. The predicted octanol–water partition coefficient (Wildman–Crippen LogP) is 5.62. The van der Waals surface area contributed by atoms with Crippen LogP contribution in [0.5, 0.6) is 0 Å². The lowest BCUT2D eigenvalue weighted by Gasteiger charge is -2.11. The van der Waals surface area contributed by atoms with Crippen LogP contribution < -0.4 is 4.72 Å². The van der Waals surface area contributed by atoms with Crippen molar-refractivity contribution in [2.45, 2.75) is 32.2 Å². The third-order valence-electron chi connectivity index (χ3n) is 4.34. The second-order valence-electron chi connectivity index (χ2n) is 6.49. The fraction of sp³-hybridized carbons (Fsp3) is 0.211. The summed E-state index contributed by atoms with van der Waals surface area (Å²) < 4.78 is 30.1. The first kappa shape index (κ1) is 21.0. The van der Waals surface area contributed by atoms with Crippen LogP contribution in [0.2, 0.25) is 15.1 Å². The summed E-state index contributed by atoms with van der Waals surface area (Å²) in [6.45, 7) is 6.10. The average molecular weight is 459 g/mol. The van der Waals surface area contributed by atoms with Gasteiger partial charge in [-0.15, -0.1) is 0 Å². The molecule has 148 valence electrons. The molecule has 0 unspecified atom stereocenters. The van der Waals surface area contributed by atoms with Gasteiger partial charge < -0.3 is 0 Å². The summed E-state index contributed by atoms with van der Waals surface area (Å²) in [5.74, 6) is 0. The summed E-state index contributed by atoms with van der Waals surface area (Å²) in [5.41, 5.74) is 3.90. The number of sulfonamides is 1. The van der Waals surface area contributed by atoms with Crippen LogP contribution in [0.4, 0.5) is 5.69 Å². The van der Waals surface area contributed by atoms with E-state index in [1.807, 2.05) is 38.1 Å². The van der Waals surface area contributed by atoms with Crippen LogP contribution >= 0.6 is 34.8 Å². The Hall–Kier alpha value is -1.73. The lowest BCUT2D eigenvalue weighted by molar-refractivity contribution is 0.601. The minimum absolute atomic E-state index is 0.00995. The minimum atomic E-state index is -3.97. The first-order chi connectivity index (χ1) is 13.1. The van der Waals surface area contributed by atoms with E-state index < -0.39 is 10.0 Å². The molecule has 28 heavy (non-hydrogen) atoms. The Bertz CT molecular complexity index is 1140. The van der Waals surface area contributed by atoms with Gasteiger partial charge in [-0.25, -0.2) is 8.42 Å². The Labute approximate surface area is 179 Å². The van der Waals surface area contributed by atoms with Gasteiger partial charge in [-0.05, 0) is 38.5 Å². The Balaban J connectivity index is 1.93. The molecule has 0 radical (unpaired) electrons. The van der Waals surface area contributed by atoms with Crippen molar-refractivity contribution in [1.82, 2.24) is 9.78 Å². The SMILES string of the molecule is Cc1ccc(Cn2nc(C)c(NS(=O)(=O)c3cc(Cl)c(Cl)cc3Cl)c2C)cc1. The summed E-state index contributed by atoms with van der Waals surface area (Å²) in [5, 5.41) is 4.75. The van der Waals surface area contributed by atoms with Crippen LogP contribution in [0.15, 0.2) is 41.3 Å². The van der Waals surface area contributed by atoms with Crippen LogP contribution in [-0.2, 0) is 16.6 Å². The third-order valence-corrected chi connectivity index (χ3v) is 6.87. The highest BCUT2D eigenvalue weighted by molar-refractivity contribution is 7.92. The smallest absolute Gasteiger partial charge is 0.263 e. The van der Waals surface area contributed by atoms with Crippen molar-refractivity contribution in [3.63, 3.8) is 0 Å². The molecule has 0 amide bonds. The van der Waals surface area contributed by atoms with Crippen molar-refractivity contribution in [3.05, 3.63) is 74.0 Å². The highest BCUT2D eigenvalue weighted by Gasteiger charge is 2.23. The van der Waals surface area contributed by atoms with Crippen LogP contribution in [0, 0.1) is 20.8 Å². The zero-order chi connectivity index (χ0) is 20.6. The Kier molecular flexibility index (Phi) is 5.96. The van der Waals surface area contributed by atoms with Gasteiger partial charge in [-0.2, -0.15) is 5.10 Å². The van der Waals surface area contributed by atoms with E-state index >= 15 is 0 Å². The van der Waals surface area contributed by atoms with Crippen molar-refractivity contribution in [2.24, 2.45) is 0 Å². The standard InChI is InChI=1S/C19H18Cl3N3O2S/c1-11-4-6-14(7-5-11)10-25-13(3)19(12(2)23-25)24-28(26,27)18-9-16(21)15(20)8-17(18)22/h4-9,24H,10H2,1-3H3. The number of hydrogen-bond donors (Lipinski definition) is 1. The fourth-order valence-corrected chi connectivity index (χ4v) is 4.94. The van der Waals surface area contributed by atoms with Crippen LogP contribution in [-0.4, -0.2) is 18.2 Å². The molecular formula is C19H18Cl3N3O2S. The molecule has 0 fully saturated rings. The monoisotopic (exact) mass is 457 g/mol. The van der Waals surface area contributed by atoms with Gasteiger partial charge in [-0.1, -0.05) is 64.6 Å². The number of nitrogens with zero attached hydrogens (tertiary/aromatic N) is 2. The van der Waals surface area contributed by atoms with Crippen molar-refractivity contribution in [1.29, 1.82) is 0 Å². The number of halogens is 3. The molecule has 0 spiro atoms. The van der Waals surface area contributed by atoms with E-state index in [1.165, 1.54) is 17.7 Å². The van der Waals surface area contributed by atoms with Crippen molar-refractivity contribution >= 4 is 50.5 Å². The molecule has 3 rings (SSSR count). The normalized spacial score (nSPS) is 11.6. The number of aromatic nitrogens is 2. The molecule has 1 heterocycles. The number of benzene rings is 2. The zero-order valence-corrected chi connectivity index (χ0v) is 18.5. The molecule has 0 saturated heterocycles. The lowest BCUT2D eigenvalue weighted by atomic mass is 10.1. The Morgan fingerprint density at radius 1 is 0.964 bits per heavy atom. The minimum Gasteiger partial charge on any atom is -0.276 e. The summed E-state index contributed by atoms with van der Waals surface area (Å²) in [4.78, 5) is -0.145. The first-order valence-electron chi connectivity index (χ1n) is 8.35. The largest absolute Gasteiger partial charge is 0.276 e. The molecule has 0 aliphatic carbocycles. The van der Waals surface area contributed by atoms with Gasteiger partial charge in [0.1, 0.15) is 4.90 Å². The fourth-order valence-electron chi connectivity index (χ4n) is 2.76. The highest BCUT2D eigenvalue weighted by atomic mass is 35.5. The maximum absolute atomic E-state index is 12.9. The van der Waals surface area contributed by atoms with E-state index in [9.17, 15) is 8.42 Å². The van der Waals surface area contributed by atoms with Crippen molar-refractivity contribution in [2.75, 3.05) is 4.72 Å². The van der Waals surface area contributed by atoms with Crippen molar-refractivity contribution < 1.29 is 8.42 Å². The maximum atomic E-state index is 12.9. The first-order valence-corrected chi connectivity index (χ1v) is 11.0. The molecule has 1 N–H and O–H groups in total. The quantitative estimate of drug-likeness (QED) is 0.505.